The predicted molar refractivity (Wildman–Crippen MR) is 62.1 cm³/mol. The van der Waals surface area contributed by atoms with E-state index in [0.29, 0.717) is 9.80 Å². The molecule has 3 nitrogen and oxygen atoms in total. The van der Waals surface area contributed by atoms with Crippen molar-refractivity contribution in [2.75, 3.05) is 0 Å². The second-order valence-electron chi connectivity index (χ2n) is 3.47. The van der Waals surface area contributed by atoms with Crippen LogP contribution >= 0.6 is 0 Å². The molecule has 1 aliphatic carbocycles. The van der Waals surface area contributed by atoms with Crippen LogP contribution in [0.25, 0.3) is 0 Å². The molecular weight excluding hydrogens is 224 g/mol. The third-order valence-corrected chi connectivity index (χ3v) is 3.86. The van der Waals surface area contributed by atoms with Gasteiger partial charge in [0.15, 0.2) is 0 Å². The van der Waals surface area contributed by atoms with Crippen LogP contribution in [0.5, 0.6) is 0 Å². The van der Waals surface area contributed by atoms with Gasteiger partial charge in [-0.3, -0.25) is 0 Å². The summed E-state index contributed by atoms with van der Waals surface area (Å²) in [6.07, 6.45) is 2.59. The Bertz CT molecular complexity index is 451. The van der Waals surface area contributed by atoms with E-state index in [4.69, 9.17) is 0 Å². The average molecular weight is 236 g/mol. The number of hydrogen-bond donors (Lipinski definition) is 2. The van der Waals surface area contributed by atoms with Crippen LogP contribution < -0.4 is 0 Å². The largest absolute Gasteiger partial charge is 0.386 e. The molecule has 0 radical (unpaired) electrons. The molecule has 1 unspecified atom stereocenters. The summed E-state index contributed by atoms with van der Waals surface area (Å²) < 4.78 is 12.1. The van der Waals surface area contributed by atoms with Gasteiger partial charge in [-0.05, 0) is 18.2 Å². The lowest BCUT2D eigenvalue weighted by Gasteiger charge is -2.20. The van der Waals surface area contributed by atoms with Crippen LogP contribution in [0.3, 0.4) is 0 Å². The summed E-state index contributed by atoms with van der Waals surface area (Å²) in [6, 6.07) is 8.87. The van der Waals surface area contributed by atoms with Gasteiger partial charge < -0.3 is 10.2 Å². The van der Waals surface area contributed by atoms with Gasteiger partial charge in [0.25, 0.3) is 0 Å². The van der Waals surface area contributed by atoms with Crippen LogP contribution in [-0.4, -0.2) is 26.6 Å². The summed E-state index contributed by atoms with van der Waals surface area (Å²) in [6.45, 7) is 0. The first-order chi connectivity index (χ1) is 7.70. The van der Waals surface area contributed by atoms with Crippen LogP contribution in [0, 0.1) is 0 Å². The lowest BCUT2D eigenvalue weighted by molar-refractivity contribution is 0.0765. The molecule has 16 heavy (non-hydrogen) atoms. The van der Waals surface area contributed by atoms with Crippen molar-refractivity contribution < 1.29 is 14.4 Å². The maximum absolute atomic E-state index is 12.1. The molecule has 0 saturated heterocycles. The zero-order valence-corrected chi connectivity index (χ0v) is 9.30. The highest BCUT2D eigenvalue weighted by Crippen LogP contribution is 2.22. The van der Waals surface area contributed by atoms with Crippen molar-refractivity contribution in [2.45, 2.75) is 17.1 Å². The zero-order chi connectivity index (χ0) is 11.5. The van der Waals surface area contributed by atoms with Crippen LogP contribution in [0.2, 0.25) is 0 Å². The molecule has 2 rings (SSSR count). The third kappa shape index (κ3) is 2.14. The summed E-state index contributed by atoms with van der Waals surface area (Å²) in [5.74, 6) is 0. The highest BCUT2D eigenvalue weighted by Gasteiger charge is 2.25. The Balaban J connectivity index is 2.30. The number of benzene rings is 1. The van der Waals surface area contributed by atoms with Crippen molar-refractivity contribution in [1.29, 1.82) is 0 Å². The smallest absolute Gasteiger partial charge is 0.117 e. The van der Waals surface area contributed by atoms with Gasteiger partial charge in [-0.25, -0.2) is 4.21 Å². The van der Waals surface area contributed by atoms with Gasteiger partial charge in [0.2, 0.25) is 0 Å². The first kappa shape index (κ1) is 11.3. The molecule has 1 aromatic rings. The maximum Gasteiger partial charge on any atom is 0.117 e. The Morgan fingerprint density at radius 3 is 2.50 bits per heavy atom. The Hall–Kier alpha value is -1.23. The molecule has 0 aromatic heterocycles. The lowest BCUT2D eigenvalue weighted by atomic mass is 10.1. The number of hydrogen-bond acceptors (Lipinski definition) is 3. The van der Waals surface area contributed by atoms with Gasteiger partial charge >= 0.3 is 0 Å². The van der Waals surface area contributed by atoms with Crippen molar-refractivity contribution in [3.63, 3.8) is 0 Å². The van der Waals surface area contributed by atoms with Crippen LogP contribution in [0.15, 0.2) is 58.4 Å². The zero-order valence-electron chi connectivity index (χ0n) is 8.48. The number of aliphatic hydroxyl groups excluding tert-OH is 2. The second kappa shape index (κ2) is 4.74. The molecular formula is C12H12O3S. The van der Waals surface area contributed by atoms with Crippen LogP contribution in [-0.2, 0) is 10.8 Å². The third-order valence-electron chi connectivity index (χ3n) is 2.36. The second-order valence-corrected chi connectivity index (χ2v) is 4.95. The molecule has 3 atom stereocenters. The maximum atomic E-state index is 12.1. The Kier molecular flexibility index (Phi) is 3.33. The molecule has 1 aliphatic rings. The fourth-order valence-electron chi connectivity index (χ4n) is 1.49. The van der Waals surface area contributed by atoms with Crippen molar-refractivity contribution in [2.24, 2.45) is 0 Å². The highest BCUT2D eigenvalue weighted by atomic mass is 32.2. The topological polar surface area (TPSA) is 57.5 Å². The number of allylic oxidation sites excluding steroid dienone is 2. The minimum Gasteiger partial charge on any atom is -0.386 e. The van der Waals surface area contributed by atoms with E-state index in [-0.39, 0.29) is 0 Å². The van der Waals surface area contributed by atoms with Crippen molar-refractivity contribution >= 4 is 10.8 Å². The molecule has 0 aliphatic heterocycles. The minimum atomic E-state index is -1.42. The van der Waals surface area contributed by atoms with Gasteiger partial charge in [0, 0.05) is 4.90 Å². The van der Waals surface area contributed by atoms with E-state index in [0.717, 1.165) is 0 Å². The summed E-state index contributed by atoms with van der Waals surface area (Å²) in [5.41, 5.74) is 0. The Labute approximate surface area is 96.2 Å². The SMILES string of the molecule is O=S(C1=CC=C[C@H](O)[C@@H]1O)c1ccccc1. The van der Waals surface area contributed by atoms with E-state index >= 15 is 0 Å². The average Bonchev–Trinajstić information content (AvgIpc) is 2.33. The van der Waals surface area contributed by atoms with E-state index in [1.54, 1.807) is 36.4 Å². The van der Waals surface area contributed by atoms with Crippen LogP contribution in [0.4, 0.5) is 0 Å². The van der Waals surface area contributed by atoms with E-state index in [1.165, 1.54) is 6.08 Å². The predicted octanol–water partition coefficient (Wildman–Crippen LogP) is 0.970. The summed E-state index contributed by atoms with van der Waals surface area (Å²) in [4.78, 5) is 0.955. The van der Waals surface area contributed by atoms with E-state index in [2.05, 4.69) is 0 Å². The van der Waals surface area contributed by atoms with E-state index < -0.39 is 23.0 Å². The Morgan fingerprint density at radius 2 is 1.81 bits per heavy atom. The molecule has 0 bridgehead atoms. The van der Waals surface area contributed by atoms with Gasteiger partial charge in [0.05, 0.1) is 15.7 Å². The normalized spacial score (nSPS) is 26.2. The summed E-state index contributed by atoms with van der Waals surface area (Å²) >= 11 is 0. The van der Waals surface area contributed by atoms with Gasteiger partial charge in [0.1, 0.15) is 12.2 Å². The quantitative estimate of drug-likeness (QED) is 0.804. The molecule has 0 spiro atoms. The molecule has 4 heteroatoms. The number of rotatable bonds is 2. The monoisotopic (exact) mass is 236 g/mol. The van der Waals surface area contributed by atoms with Crippen molar-refractivity contribution in [3.05, 3.63) is 53.5 Å². The first-order valence-corrected chi connectivity index (χ1v) is 6.06. The fraction of sp³-hybridized carbons (Fsp3) is 0.167. The molecule has 0 saturated carbocycles. The summed E-state index contributed by atoms with van der Waals surface area (Å²) in [5, 5.41) is 19.1. The van der Waals surface area contributed by atoms with Crippen molar-refractivity contribution in [3.8, 4) is 0 Å². The van der Waals surface area contributed by atoms with Gasteiger partial charge in [-0.2, -0.15) is 0 Å². The van der Waals surface area contributed by atoms with E-state index in [9.17, 15) is 14.4 Å². The van der Waals surface area contributed by atoms with E-state index in [1.807, 2.05) is 6.07 Å². The minimum absolute atomic E-state index is 0.334. The van der Waals surface area contributed by atoms with Crippen molar-refractivity contribution in [1.82, 2.24) is 0 Å². The molecule has 1 aromatic carbocycles. The standard InChI is InChI=1S/C12H12O3S/c13-10-7-4-8-11(12(10)14)16(15)9-5-2-1-3-6-9/h1-8,10,12-14H/t10-,12-,16?/m0/s1. The Morgan fingerprint density at radius 1 is 1.12 bits per heavy atom. The van der Waals surface area contributed by atoms with Gasteiger partial charge in [-0.1, -0.05) is 30.4 Å². The fourth-order valence-corrected chi connectivity index (χ4v) is 2.73. The first-order valence-electron chi connectivity index (χ1n) is 4.91. The lowest BCUT2D eigenvalue weighted by Crippen LogP contribution is -2.29. The molecule has 0 heterocycles. The highest BCUT2D eigenvalue weighted by molar-refractivity contribution is 7.89. The molecule has 2 N–H and O–H groups in total. The summed E-state index contributed by atoms with van der Waals surface area (Å²) in [7, 11) is -1.42. The molecule has 0 amide bonds. The molecule has 0 fully saturated rings. The molecule has 84 valence electrons. The van der Waals surface area contributed by atoms with Crippen LogP contribution in [0.1, 0.15) is 0 Å². The number of aliphatic hydroxyl groups is 2. The van der Waals surface area contributed by atoms with Gasteiger partial charge in [-0.15, -0.1) is 0 Å².